The number of carbonyl (C=O) groups is 1. The highest BCUT2D eigenvalue weighted by molar-refractivity contribution is 5.83. The number of aryl methyl sites for hydroxylation is 1. The van der Waals surface area contributed by atoms with Gasteiger partial charge in [0.2, 0.25) is 5.91 Å². The summed E-state index contributed by atoms with van der Waals surface area (Å²) in [6.45, 7) is 6.24. The number of nitrogens with zero attached hydrogens (tertiary/aromatic N) is 5. The van der Waals surface area contributed by atoms with Crippen molar-refractivity contribution in [2.45, 2.75) is 39.8 Å². The second kappa shape index (κ2) is 7.47. The Morgan fingerprint density at radius 3 is 2.69 bits per heavy atom. The van der Waals surface area contributed by atoms with Crippen LogP contribution >= 0.6 is 0 Å². The van der Waals surface area contributed by atoms with Crippen molar-refractivity contribution in [3.63, 3.8) is 0 Å². The van der Waals surface area contributed by atoms with E-state index in [-0.39, 0.29) is 24.1 Å². The Bertz CT molecular complexity index is 989. The van der Waals surface area contributed by atoms with Crippen molar-refractivity contribution in [2.75, 3.05) is 6.54 Å². The molecule has 1 amide bonds. The summed E-state index contributed by atoms with van der Waals surface area (Å²) in [5.74, 6) is 0.557. The summed E-state index contributed by atoms with van der Waals surface area (Å²) >= 11 is 0. The van der Waals surface area contributed by atoms with Gasteiger partial charge < -0.3 is 9.88 Å². The first-order valence-electron chi connectivity index (χ1n) is 8.59. The van der Waals surface area contributed by atoms with E-state index in [0.29, 0.717) is 18.4 Å². The second-order valence-corrected chi connectivity index (χ2v) is 6.44. The van der Waals surface area contributed by atoms with E-state index < -0.39 is 0 Å². The van der Waals surface area contributed by atoms with Gasteiger partial charge in [-0.3, -0.25) is 9.59 Å². The lowest BCUT2D eigenvalue weighted by molar-refractivity contribution is -0.121. The van der Waals surface area contributed by atoms with Crippen LogP contribution in [-0.4, -0.2) is 37.0 Å². The van der Waals surface area contributed by atoms with Crippen LogP contribution in [0.25, 0.3) is 10.8 Å². The number of carbonyl (C=O) groups excluding carboxylic acids is 1. The van der Waals surface area contributed by atoms with E-state index in [0.717, 1.165) is 16.9 Å². The smallest absolute Gasteiger partial charge is 0.275 e. The first-order valence-corrected chi connectivity index (χ1v) is 8.59. The lowest BCUT2D eigenvalue weighted by Gasteiger charge is -2.11. The topological polar surface area (TPSA) is 94.7 Å². The van der Waals surface area contributed by atoms with E-state index in [1.54, 1.807) is 18.5 Å². The number of aromatic nitrogens is 5. The number of hydrogen-bond acceptors (Lipinski definition) is 5. The van der Waals surface area contributed by atoms with Crippen LogP contribution in [0.3, 0.4) is 0 Å². The largest absolute Gasteiger partial charge is 0.354 e. The SMILES string of the molecule is Cc1nn(CC(=O)NCCc2nncn2C(C)C)c(=O)c2ccccc12. The molecule has 0 unspecified atom stereocenters. The Labute approximate surface area is 150 Å². The Morgan fingerprint density at radius 2 is 1.96 bits per heavy atom. The Balaban J connectivity index is 1.65. The van der Waals surface area contributed by atoms with E-state index in [1.165, 1.54) is 4.68 Å². The number of fused-ring (bicyclic) bond motifs is 1. The summed E-state index contributed by atoms with van der Waals surface area (Å²) in [5.41, 5.74) is 0.457. The second-order valence-electron chi connectivity index (χ2n) is 6.44. The summed E-state index contributed by atoms with van der Waals surface area (Å²) in [6.07, 6.45) is 2.26. The van der Waals surface area contributed by atoms with Crippen molar-refractivity contribution >= 4 is 16.7 Å². The number of benzene rings is 1. The fraction of sp³-hybridized carbons (Fsp3) is 0.389. The van der Waals surface area contributed by atoms with Crippen LogP contribution in [0, 0.1) is 6.92 Å². The van der Waals surface area contributed by atoms with Gasteiger partial charge in [-0.05, 0) is 26.8 Å². The Kier molecular flexibility index (Phi) is 5.11. The summed E-state index contributed by atoms with van der Waals surface area (Å²) < 4.78 is 3.18. The first kappa shape index (κ1) is 17.8. The van der Waals surface area contributed by atoms with Gasteiger partial charge in [-0.1, -0.05) is 18.2 Å². The van der Waals surface area contributed by atoms with Crippen molar-refractivity contribution in [1.29, 1.82) is 0 Å². The zero-order valence-corrected chi connectivity index (χ0v) is 15.1. The van der Waals surface area contributed by atoms with Crippen molar-refractivity contribution in [2.24, 2.45) is 0 Å². The number of hydrogen-bond donors (Lipinski definition) is 1. The molecule has 26 heavy (non-hydrogen) atoms. The van der Waals surface area contributed by atoms with E-state index in [9.17, 15) is 9.59 Å². The quantitative estimate of drug-likeness (QED) is 0.718. The standard InChI is InChI=1S/C18H22N6O2/c1-12(2)23-11-20-21-16(23)8-9-19-17(25)10-24-18(26)15-7-5-4-6-14(15)13(3)22-24/h4-7,11-12H,8-10H2,1-3H3,(H,19,25). The van der Waals surface area contributed by atoms with E-state index in [2.05, 4.69) is 20.6 Å². The molecule has 2 heterocycles. The maximum atomic E-state index is 12.5. The minimum absolute atomic E-state index is 0.110. The number of rotatable bonds is 6. The highest BCUT2D eigenvalue weighted by atomic mass is 16.2. The van der Waals surface area contributed by atoms with Gasteiger partial charge in [0.25, 0.3) is 5.56 Å². The summed E-state index contributed by atoms with van der Waals surface area (Å²) in [5, 5.41) is 16.4. The molecule has 8 heteroatoms. The van der Waals surface area contributed by atoms with Crippen molar-refractivity contribution in [1.82, 2.24) is 29.9 Å². The maximum absolute atomic E-state index is 12.5. The van der Waals surface area contributed by atoms with Crippen molar-refractivity contribution in [3.05, 3.63) is 52.5 Å². The molecule has 0 radical (unpaired) electrons. The maximum Gasteiger partial charge on any atom is 0.275 e. The van der Waals surface area contributed by atoms with Crippen LogP contribution in [0.1, 0.15) is 31.4 Å². The van der Waals surface area contributed by atoms with Gasteiger partial charge in [0.1, 0.15) is 18.7 Å². The highest BCUT2D eigenvalue weighted by Crippen LogP contribution is 2.11. The van der Waals surface area contributed by atoms with Gasteiger partial charge in [0, 0.05) is 24.4 Å². The monoisotopic (exact) mass is 354 g/mol. The summed E-state index contributed by atoms with van der Waals surface area (Å²) in [6, 6.07) is 7.54. The minimum Gasteiger partial charge on any atom is -0.354 e. The third-order valence-electron chi connectivity index (χ3n) is 4.22. The molecule has 8 nitrogen and oxygen atoms in total. The summed E-state index contributed by atoms with van der Waals surface area (Å²) in [7, 11) is 0. The molecule has 2 aromatic heterocycles. The molecule has 0 aliphatic rings. The fourth-order valence-corrected chi connectivity index (χ4v) is 2.89. The lowest BCUT2D eigenvalue weighted by Crippen LogP contribution is -2.35. The molecule has 136 valence electrons. The summed E-state index contributed by atoms with van der Waals surface area (Å²) in [4.78, 5) is 24.7. The molecule has 3 rings (SSSR count). The van der Waals surface area contributed by atoms with Gasteiger partial charge in [0.15, 0.2) is 0 Å². The average molecular weight is 354 g/mol. The molecule has 0 saturated carbocycles. The zero-order chi connectivity index (χ0) is 18.7. The molecule has 0 saturated heterocycles. The molecule has 0 aliphatic carbocycles. The van der Waals surface area contributed by atoms with Gasteiger partial charge in [-0.25, -0.2) is 4.68 Å². The highest BCUT2D eigenvalue weighted by Gasteiger charge is 2.12. The lowest BCUT2D eigenvalue weighted by atomic mass is 10.1. The van der Waals surface area contributed by atoms with E-state index in [1.807, 2.05) is 37.5 Å². The minimum atomic E-state index is -0.263. The first-order chi connectivity index (χ1) is 12.5. The predicted octanol–water partition coefficient (Wildman–Crippen LogP) is 1.24. The van der Waals surface area contributed by atoms with Crippen molar-refractivity contribution in [3.8, 4) is 0 Å². The van der Waals surface area contributed by atoms with Crippen LogP contribution in [-0.2, 0) is 17.8 Å². The third kappa shape index (κ3) is 3.63. The molecular weight excluding hydrogens is 332 g/mol. The number of nitrogens with one attached hydrogen (secondary N) is 1. The third-order valence-corrected chi connectivity index (χ3v) is 4.22. The normalized spacial score (nSPS) is 11.2. The van der Waals surface area contributed by atoms with Crippen LogP contribution in [0.15, 0.2) is 35.4 Å². The van der Waals surface area contributed by atoms with Gasteiger partial charge in [0.05, 0.1) is 11.1 Å². The molecule has 3 aromatic rings. The Hall–Kier alpha value is -3.03. The fourth-order valence-electron chi connectivity index (χ4n) is 2.89. The molecule has 0 bridgehead atoms. The van der Waals surface area contributed by atoms with Gasteiger partial charge >= 0.3 is 0 Å². The molecule has 0 aliphatic heterocycles. The molecule has 0 atom stereocenters. The zero-order valence-electron chi connectivity index (χ0n) is 15.1. The van der Waals surface area contributed by atoms with Gasteiger partial charge in [-0.15, -0.1) is 10.2 Å². The molecular formula is C18H22N6O2. The van der Waals surface area contributed by atoms with Crippen LogP contribution in [0.5, 0.6) is 0 Å². The van der Waals surface area contributed by atoms with Crippen LogP contribution in [0.4, 0.5) is 0 Å². The van der Waals surface area contributed by atoms with Crippen LogP contribution < -0.4 is 10.9 Å². The molecule has 0 fully saturated rings. The number of amides is 1. The molecule has 0 spiro atoms. The van der Waals surface area contributed by atoms with E-state index >= 15 is 0 Å². The Morgan fingerprint density at radius 1 is 1.23 bits per heavy atom. The van der Waals surface area contributed by atoms with Gasteiger partial charge in [-0.2, -0.15) is 5.10 Å². The predicted molar refractivity (Wildman–Crippen MR) is 97.9 cm³/mol. The van der Waals surface area contributed by atoms with E-state index in [4.69, 9.17) is 0 Å². The molecule has 1 aromatic carbocycles. The average Bonchev–Trinajstić information content (AvgIpc) is 3.08. The molecule has 1 N–H and O–H groups in total. The van der Waals surface area contributed by atoms with Crippen molar-refractivity contribution < 1.29 is 4.79 Å². The van der Waals surface area contributed by atoms with Crippen LogP contribution in [0.2, 0.25) is 0 Å².